The highest BCUT2D eigenvalue weighted by atomic mass is 19.1. The quantitative estimate of drug-likeness (QED) is 0.525. The zero-order chi connectivity index (χ0) is 19.7. The molecule has 140 valence electrons. The van der Waals surface area contributed by atoms with Crippen LogP contribution in [0.2, 0.25) is 0 Å². The molecule has 0 fully saturated rings. The number of nitrogens with one attached hydrogen (secondary N) is 1. The van der Waals surface area contributed by atoms with Crippen LogP contribution in [-0.4, -0.2) is 42.2 Å². The molecule has 0 bridgehead atoms. The number of carbonyl (C=O) groups is 1. The topological polar surface area (TPSA) is 89.9 Å². The third-order valence-electron chi connectivity index (χ3n) is 4.10. The number of hydrogen-bond acceptors (Lipinski definition) is 6. The van der Waals surface area contributed by atoms with Gasteiger partial charge in [0.15, 0.2) is 11.4 Å². The number of halogens is 1. The van der Waals surface area contributed by atoms with Crippen molar-refractivity contribution in [3.8, 4) is 22.9 Å². The largest absolute Gasteiger partial charge is 0.500 e. The molecule has 0 aliphatic carbocycles. The second-order valence-corrected chi connectivity index (χ2v) is 6.17. The Bertz CT molecular complexity index is 1010. The predicted molar refractivity (Wildman–Crippen MR) is 95.0 cm³/mol. The van der Waals surface area contributed by atoms with Gasteiger partial charge in [-0.05, 0) is 18.2 Å². The highest BCUT2D eigenvalue weighted by molar-refractivity contribution is 6.16. The number of rotatable bonds is 5. The lowest BCUT2D eigenvalue weighted by Crippen LogP contribution is -3.00. The van der Waals surface area contributed by atoms with Crippen LogP contribution in [0.15, 0.2) is 34.9 Å². The van der Waals surface area contributed by atoms with Crippen LogP contribution < -0.4 is 9.64 Å². The Morgan fingerprint density at radius 2 is 2.00 bits per heavy atom. The fourth-order valence-electron chi connectivity index (χ4n) is 2.89. The highest BCUT2D eigenvalue weighted by Gasteiger charge is 2.32. The molecule has 1 aromatic heterocycles. The van der Waals surface area contributed by atoms with Crippen molar-refractivity contribution in [3.05, 3.63) is 53.2 Å². The van der Waals surface area contributed by atoms with E-state index in [1.807, 2.05) is 0 Å². The lowest BCUT2D eigenvalue weighted by atomic mass is 9.94. The molecule has 3 aromatic rings. The minimum Gasteiger partial charge on any atom is -0.500 e. The van der Waals surface area contributed by atoms with Gasteiger partial charge in [0, 0.05) is 12.5 Å². The van der Waals surface area contributed by atoms with Crippen LogP contribution in [-0.2, 0) is 0 Å². The molecular weight excluding hydrogens is 353 g/mol. The van der Waals surface area contributed by atoms with Crippen LogP contribution in [0.5, 0.6) is 11.5 Å². The van der Waals surface area contributed by atoms with Gasteiger partial charge in [0.1, 0.15) is 5.82 Å². The standard InChI is InChI=1S/C19H18FN3O4/c1-10-21-19(22-27-10)12-9-14(26-4)18(25)16(23(2)3)15(12)17(24)11-7-5-6-8-13(11)20/h5-9,25H,1-4H3/p+1. The number of phenols is 1. The third kappa shape index (κ3) is 3.26. The fourth-order valence-corrected chi connectivity index (χ4v) is 2.89. The number of aromatic hydroxyl groups is 1. The number of quaternary nitrogens is 1. The summed E-state index contributed by atoms with van der Waals surface area (Å²) >= 11 is 0. The van der Waals surface area contributed by atoms with Crippen molar-refractivity contribution in [1.82, 2.24) is 10.1 Å². The summed E-state index contributed by atoms with van der Waals surface area (Å²) in [6, 6.07) is 7.11. The Kier molecular flexibility index (Phi) is 4.91. The second kappa shape index (κ2) is 7.16. The molecule has 0 unspecified atom stereocenters. The lowest BCUT2D eigenvalue weighted by molar-refractivity contribution is -0.786. The minimum atomic E-state index is -0.659. The zero-order valence-corrected chi connectivity index (χ0v) is 15.3. The van der Waals surface area contributed by atoms with Crippen LogP contribution >= 0.6 is 0 Å². The van der Waals surface area contributed by atoms with E-state index in [1.54, 1.807) is 27.1 Å². The Morgan fingerprint density at radius 3 is 2.56 bits per heavy atom. The molecule has 0 aliphatic rings. The molecule has 0 spiro atoms. The summed E-state index contributed by atoms with van der Waals surface area (Å²) in [5, 5.41) is 14.5. The van der Waals surface area contributed by atoms with Crippen LogP contribution in [0.3, 0.4) is 0 Å². The van der Waals surface area contributed by atoms with E-state index in [1.165, 1.54) is 31.4 Å². The molecule has 0 amide bonds. The summed E-state index contributed by atoms with van der Waals surface area (Å²) in [7, 11) is 4.86. The molecule has 3 rings (SSSR count). The molecule has 2 N–H and O–H groups in total. The van der Waals surface area contributed by atoms with Crippen molar-refractivity contribution in [2.45, 2.75) is 6.92 Å². The maximum atomic E-state index is 14.3. The average Bonchev–Trinajstić information content (AvgIpc) is 3.07. The monoisotopic (exact) mass is 372 g/mol. The lowest BCUT2D eigenvalue weighted by Gasteiger charge is -2.18. The van der Waals surface area contributed by atoms with Crippen molar-refractivity contribution >= 4 is 11.5 Å². The van der Waals surface area contributed by atoms with Gasteiger partial charge < -0.3 is 19.3 Å². The number of phenolic OH excluding ortho intramolecular Hbond substituents is 1. The maximum absolute atomic E-state index is 14.3. The number of aromatic nitrogens is 2. The number of ketones is 1. The van der Waals surface area contributed by atoms with Gasteiger partial charge in [0.2, 0.25) is 23.2 Å². The first-order valence-electron chi connectivity index (χ1n) is 8.19. The van der Waals surface area contributed by atoms with E-state index in [2.05, 4.69) is 10.1 Å². The van der Waals surface area contributed by atoms with Crippen molar-refractivity contribution in [3.63, 3.8) is 0 Å². The normalized spacial score (nSPS) is 11.0. The minimum absolute atomic E-state index is 0.0826. The van der Waals surface area contributed by atoms with E-state index in [4.69, 9.17) is 9.26 Å². The smallest absolute Gasteiger partial charge is 0.223 e. The first kappa shape index (κ1) is 18.5. The Labute approximate surface area is 155 Å². The van der Waals surface area contributed by atoms with E-state index in [9.17, 15) is 14.3 Å². The Balaban J connectivity index is 2.37. The van der Waals surface area contributed by atoms with Crippen LogP contribution in [0.1, 0.15) is 21.8 Å². The highest BCUT2D eigenvalue weighted by Crippen LogP contribution is 2.41. The molecule has 1 heterocycles. The second-order valence-electron chi connectivity index (χ2n) is 6.17. The molecule has 0 saturated heterocycles. The summed E-state index contributed by atoms with van der Waals surface area (Å²) in [6.07, 6.45) is 0. The Hall–Kier alpha value is -3.26. The maximum Gasteiger partial charge on any atom is 0.223 e. The summed E-state index contributed by atoms with van der Waals surface area (Å²) in [4.78, 5) is 18.1. The van der Waals surface area contributed by atoms with Gasteiger partial charge in [-0.2, -0.15) is 4.98 Å². The van der Waals surface area contributed by atoms with Gasteiger partial charge in [-0.1, -0.05) is 17.3 Å². The van der Waals surface area contributed by atoms with Gasteiger partial charge in [-0.3, -0.25) is 4.79 Å². The van der Waals surface area contributed by atoms with Crippen molar-refractivity contribution in [2.75, 3.05) is 21.2 Å². The van der Waals surface area contributed by atoms with E-state index in [-0.39, 0.29) is 39.7 Å². The van der Waals surface area contributed by atoms with E-state index in [0.29, 0.717) is 10.8 Å². The predicted octanol–water partition coefficient (Wildman–Crippen LogP) is 1.91. The molecule has 0 saturated carbocycles. The van der Waals surface area contributed by atoms with Crippen LogP contribution in [0.25, 0.3) is 11.4 Å². The molecule has 0 atom stereocenters. The summed E-state index contributed by atoms with van der Waals surface area (Å²) in [6.45, 7) is 1.62. The first-order valence-corrected chi connectivity index (χ1v) is 8.19. The number of aryl methyl sites for hydroxylation is 1. The summed E-state index contributed by atoms with van der Waals surface area (Å²) < 4.78 is 24.5. The van der Waals surface area contributed by atoms with Gasteiger partial charge >= 0.3 is 0 Å². The molecule has 7 nitrogen and oxygen atoms in total. The fraction of sp³-hybridized carbons (Fsp3) is 0.211. The van der Waals surface area contributed by atoms with Gasteiger partial charge in [0.05, 0.1) is 32.3 Å². The molecule has 2 aromatic carbocycles. The average molecular weight is 372 g/mol. The third-order valence-corrected chi connectivity index (χ3v) is 4.10. The number of hydrogen-bond donors (Lipinski definition) is 2. The van der Waals surface area contributed by atoms with Crippen molar-refractivity contribution < 1.29 is 28.5 Å². The number of benzene rings is 2. The molecule has 27 heavy (non-hydrogen) atoms. The van der Waals surface area contributed by atoms with Crippen LogP contribution in [0.4, 0.5) is 10.1 Å². The summed E-state index contributed by atoms with van der Waals surface area (Å²) in [5.74, 6) is -0.865. The zero-order valence-electron chi connectivity index (χ0n) is 15.3. The molecular formula is C19H19FN3O4+. The van der Waals surface area contributed by atoms with E-state index >= 15 is 0 Å². The molecule has 0 aliphatic heterocycles. The number of ether oxygens (including phenoxy) is 1. The molecule has 0 radical (unpaired) electrons. The van der Waals surface area contributed by atoms with Gasteiger partial charge in [-0.25, -0.2) is 4.39 Å². The first-order chi connectivity index (χ1) is 12.8. The number of carbonyl (C=O) groups excluding carboxylic acids is 1. The Morgan fingerprint density at radius 1 is 1.30 bits per heavy atom. The van der Waals surface area contributed by atoms with Gasteiger partial charge in [0.25, 0.3) is 0 Å². The van der Waals surface area contributed by atoms with Crippen molar-refractivity contribution in [2.24, 2.45) is 0 Å². The van der Waals surface area contributed by atoms with E-state index < -0.39 is 11.6 Å². The van der Waals surface area contributed by atoms with Gasteiger partial charge in [-0.15, -0.1) is 0 Å². The summed E-state index contributed by atoms with van der Waals surface area (Å²) in [5.41, 5.74) is 0.497. The van der Waals surface area contributed by atoms with Crippen molar-refractivity contribution in [1.29, 1.82) is 0 Å². The van der Waals surface area contributed by atoms with E-state index in [0.717, 1.165) is 0 Å². The number of methoxy groups -OCH3 is 1. The molecule has 8 heteroatoms. The SMILES string of the molecule is COc1cc(-c2noc(C)n2)c(C(=O)c2ccccc2F)c([NH+](C)C)c1O. The van der Waals surface area contributed by atoms with Crippen LogP contribution in [0, 0.1) is 12.7 Å². The number of nitrogens with zero attached hydrogens (tertiary/aromatic N) is 2.